The summed E-state index contributed by atoms with van der Waals surface area (Å²) in [4.78, 5) is 15.3. The number of carbonyl (C=O) groups is 1. The number of aliphatic imine (C=N–C) groups is 1. The summed E-state index contributed by atoms with van der Waals surface area (Å²) in [5.74, 6) is 1.67. The SMILES string of the molecule is COC(=O)CCCCCCCNC(N)=NCc1ccc(OC)c(OC)c1. The van der Waals surface area contributed by atoms with Gasteiger partial charge in [-0.3, -0.25) is 4.79 Å². The van der Waals surface area contributed by atoms with Crippen molar-refractivity contribution in [3.63, 3.8) is 0 Å². The van der Waals surface area contributed by atoms with Crippen LogP contribution in [0.2, 0.25) is 0 Å². The second-order valence-electron chi connectivity index (χ2n) is 5.91. The van der Waals surface area contributed by atoms with E-state index in [9.17, 15) is 4.79 Å². The Labute approximate surface area is 155 Å². The van der Waals surface area contributed by atoms with Gasteiger partial charge in [0.2, 0.25) is 0 Å². The zero-order chi connectivity index (χ0) is 19.2. The van der Waals surface area contributed by atoms with Gasteiger partial charge in [-0.1, -0.05) is 25.3 Å². The van der Waals surface area contributed by atoms with Crippen molar-refractivity contribution in [1.29, 1.82) is 0 Å². The van der Waals surface area contributed by atoms with Crippen LogP contribution in [0.1, 0.15) is 44.1 Å². The molecule has 7 heteroatoms. The molecule has 0 bridgehead atoms. The van der Waals surface area contributed by atoms with E-state index in [1.54, 1.807) is 14.2 Å². The van der Waals surface area contributed by atoms with Gasteiger partial charge >= 0.3 is 5.97 Å². The summed E-state index contributed by atoms with van der Waals surface area (Å²) in [6, 6.07) is 5.68. The van der Waals surface area contributed by atoms with E-state index in [1.165, 1.54) is 7.11 Å². The minimum atomic E-state index is -0.134. The van der Waals surface area contributed by atoms with E-state index in [0.29, 0.717) is 30.4 Å². The molecule has 146 valence electrons. The Morgan fingerprint density at radius 1 is 1.04 bits per heavy atom. The van der Waals surface area contributed by atoms with Gasteiger partial charge in [-0.15, -0.1) is 0 Å². The Morgan fingerprint density at radius 3 is 2.42 bits per heavy atom. The quantitative estimate of drug-likeness (QED) is 0.256. The number of nitrogens with two attached hydrogens (primary N) is 1. The first-order valence-electron chi connectivity index (χ1n) is 8.92. The number of hydrogen-bond donors (Lipinski definition) is 2. The fraction of sp³-hybridized carbons (Fsp3) is 0.579. The van der Waals surface area contributed by atoms with E-state index >= 15 is 0 Å². The molecule has 7 nitrogen and oxygen atoms in total. The first-order valence-corrected chi connectivity index (χ1v) is 8.92. The fourth-order valence-corrected chi connectivity index (χ4v) is 2.45. The predicted molar refractivity (Wildman–Crippen MR) is 103 cm³/mol. The third kappa shape index (κ3) is 8.60. The van der Waals surface area contributed by atoms with Crippen LogP contribution >= 0.6 is 0 Å². The molecule has 26 heavy (non-hydrogen) atoms. The summed E-state index contributed by atoms with van der Waals surface area (Å²) in [5.41, 5.74) is 6.89. The van der Waals surface area contributed by atoms with Crippen LogP contribution in [0.3, 0.4) is 0 Å². The molecule has 0 aromatic heterocycles. The summed E-state index contributed by atoms with van der Waals surface area (Å²) in [6.07, 6.45) is 5.64. The van der Waals surface area contributed by atoms with Crippen LogP contribution in [0, 0.1) is 0 Å². The number of nitrogens with one attached hydrogen (secondary N) is 1. The molecule has 0 atom stereocenters. The van der Waals surface area contributed by atoms with E-state index in [4.69, 9.17) is 15.2 Å². The number of hydrogen-bond acceptors (Lipinski definition) is 5. The molecule has 0 spiro atoms. The molecular weight excluding hydrogens is 334 g/mol. The summed E-state index contributed by atoms with van der Waals surface area (Å²) < 4.78 is 15.1. The number of rotatable bonds is 12. The normalized spacial score (nSPS) is 11.1. The van der Waals surface area contributed by atoms with Gasteiger partial charge in [0, 0.05) is 13.0 Å². The summed E-state index contributed by atoms with van der Waals surface area (Å²) in [6.45, 7) is 1.27. The lowest BCUT2D eigenvalue weighted by molar-refractivity contribution is -0.140. The lowest BCUT2D eigenvalue weighted by Gasteiger charge is -2.09. The van der Waals surface area contributed by atoms with Crippen LogP contribution in [0.5, 0.6) is 11.5 Å². The molecule has 0 aliphatic rings. The molecule has 0 amide bonds. The number of ether oxygens (including phenoxy) is 3. The largest absolute Gasteiger partial charge is 0.493 e. The number of unbranched alkanes of at least 4 members (excludes halogenated alkanes) is 4. The first kappa shape index (κ1) is 21.6. The molecule has 0 radical (unpaired) electrons. The fourth-order valence-electron chi connectivity index (χ4n) is 2.45. The number of methoxy groups -OCH3 is 3. The molecule has 0 saturated carbocycles. The Bertz CT molecular complexity index is 576. The molecule has 1 aromatic rings. The molecule has 0 unspecified atom stereocenters. The zero-order valence-electron chi connectivity index (χ0n) is 16.0. The highest BCUT2D eigenvalue weighted by Gasteiger charge is 2.04. The van der Waals surface area contributed by atoms with Crippen LogP contribution in [-0.2, 0) is 16.1 Å². The van der Waals surface area contributed by atoms with Crippen molar-refractivity contribution in [3.8, 4) is 11.5 Å². The Morgan fingerprint density at radius 2 is 1.73 bits per heavy atom. The molecule has 1 rings (SSSR count). The topological polar surface area (TPSA) is 95.2 Å². The maximum atomic E-state index is 11.0. The number of carbonyl (C=O) groups excluding carboxylic acids is 1. The first-order chi connectivity index (χ1) is 12.6. The number of esters is 1. The molecule has 0 aliphatic carbocycles. The number of nitrogens with zero attached hydrogens (tertiary/aromatic N) is 1. The van der Waals surface area contributed by atoms with E-state index < -0.39 is 0 Å². The van der Waals surface area contributed by atoms with E-state index in [1.807, 2.05) is 18.2 Å². The van der Waals surface area contributed by atoms with Crippen LogP contribution < -0.4 is 20.5 Å². The Balaban J connectivity index is 2.19. The zero-order valence-corrected chi connectivity index (χ0v) is 16.0. The van der Waals surface area contributed by atoms with Crippen LogP contribution in [0.4, 0.5) is 0 Å². The van der Waals surface area contributed by atoms with Gasteiger partial charge in [0.15, 0.2) is 17.5 Å². The van der Waals surface area contributed by atoms with Gasteiger partial charge in [-0.25, -0.2) is 4.99 Å². The summed E-state index contributed by atoms with van der Waals surface area (Å²) >= 11 is 0. The average molecular weight is 365 g/mol. The highest BCUT2D eigenvalue weighted by atomic mass is 16.5. The summed E-state index contributed by atoms with van der Waals surface area (Å²) in [5, 5.41) is 3.12. The molecular formula is C19H31N3O4. The second-order valence-corrected chi connectivity index (χ2v) is 5.91. The van der Waals surface area contributed by atoms with Crippen molar-refractivity contribution in [2.24, 2.45) is 10.7 Å². The van der Waals surface area contributed by atoms with Gasteiger partial charge in [-0.05, 0) is 30.5 Å². The maximum absolute atomic E-state index is 11.0. The van der Waals surface area contributed by atoms with Crippen molar-refractivity contribution in [1.82, 2.24) is 5.32 Å². The van der Waals surface area contributed by atoms with Crippen LogP contribution in [0.15, 0.2) is 23.2 Å². The third-order valence-corrected chi connectivity index (χ3v) is 3.97. The maximum Gasteiger partial charge on any atom is 0.305 e. The van der Waals surface area contributed by atoms with Crippen molar-refractivity contribution in [2.45, 2.75) is 45.1 Å². The molecule has 0 fully saturated rings. The Hall–Kier alpha value is -2.44. The van der Waals surface area contributed by atoms with E-state index in [-0.39, 0.29) is 5.97 Å². The third-order valence-electron chi connectivity index (χ3n) is 3.97. The van der Waals surface area contributed by atoms with Crippen molar-refractivity contribution >= 4 is 11.9 Å². The van der Waals surface area contributed by atoms with Gasteiger partial charge in [0.05, 0.1) is 27.9 Å². The molecule has 0 heterocycles. The predicted octanol–water partition coefficient (Wildman–Crippen LogP) is 2.62. The summed E-state index contributed by atoms with van der Waals surface area (Å²) in [7, 11) is 4.64. The lowest BCUT2D eigenvalue weighted by atomic mass is 10.1. The smallest absolute Gasteiger partial charge is 0.305 e. The average Bonchev–Trinajstić information content (AvgIpc) is 2.67. The molecule has 1 aromatic carbocycles. The van der Waals surface area contributed by atoms with Crippen LogP contribution in [0.25, 0.3) is 0 Å². The highest BCUT2D eigenvalue weighted by molar-refractivity contribution is 5.77. The highest BCUT2D eigenvalue weighted by Crippen LogP contribution is 2.27. The monoisotopic (exact) mass is 365 g/mol. The van der Waals surface area contributed by atoms with Gasteiger partial charge in [0.25, 0.3) is 0 Å². The number of benzene rings is 1. The molecule has 3 N–H and O–H groups in total. The minimum absolute atomic E-state index is 0.134. The second kappa shape index (κ2) is 12.9. The molecule has 0 aliphatic heterocycles. The Kier molecular flexibility index (Phi) is 10.7. The van der Waals surface area contributed by atoms with Crippen molar-refractivity contribution in [2.75, 3.05) is 27.9 Å². The van der Waals surface area contributed by atoms with Crippen LogP contribution in [-0.4, -0.2) is 39.8 Å². The van der Waals surface area contributed by atoms with E-state index in [0.717, 1.165) is 44.2 Å². The van der Waals surface area contributed by atoms with Gasteiger partial charge in [0.1, 0.15) is 0 Å². The van der Waals surface area contributed by atoms with Crippen molar-refractivity contribution in [3.05, 3.63) is 23.8 Å². The van der Waals surface area contributed by atoms with Gasteiger partial charge in [-0.2, -0.15) is 0 Å². The molecule has 0 saturated heterocycles. The van der Waals surface area contributed by atoms with Crippen molar-refractivity contribution < 1.29 is 19.0 Å². The number of guanidine groups is 1. The van der Waals surface area contributed by atoms with Gasteiger partial charge < -0.3 is 25.3 Å². The van der Waals surface area contributed by atoms with E-state index in [2.05, 4.69) is 15.0 Å². The lowest BCUT2D eigenvalue weighted by Crippen LogP contribution is -2.32. The standard InChI is InChI=1S/C19H31N3O4/c1-24-16-11-10-15(13-17(16)25-2)14-22-19(20)21-12-8-6-4-5-7-9-18(23)26-3/h10-11,13H,4-9,12,14H2,1-3H3,(H3,20,21,22). The minimum Gasteiger partial charge on any atom is -0.493 e.